The van der Waals surface area contributed by atoms with Gasteiger partial charge in [-0.15, -0.1) is 0 Å². The Morgan fingerprint density at radius 2 is 2.18 bits per heavy atom. The lowest BCUT2D eigenvalue weighted by Crippen LogP contribution is -2.36. The zero-order chi connectivity index (χ0) is 12.5. The molecule has 2 rings (SSSR count). The second-order valence-corrected chi connectivity index (χ2v) is 3.83. The van der Waals surface area contributed by atoms with Crippen molar-refractivity contribution >= 4 is 0 Å². The van der Waals surface area contributed by atoms with E-state index in [1.807, 2.05) is 0 Å². The van der Waals surface area contributed by atoms with E-state index < -0.39 is 11.9 Å². The number of aryl methyl sites for hydroxylation is 1. The van der Waals surface area contributed by atoms with Crippen LogP contribution in [0.4, 0.5) is 13.2 Å². The minimum absolute atomic E-state index is 0.136. The summed E-state index contributed by atoms with van der Waals surface area (Å²) in [7, 11) is 0. The van der Waals surface area contributed by atoms with E-state index in [0.29, 0.717) is 25.5 Å². The van der Waals surface area contributed by atoms with E-state index in [4.69, 9.17) is 4.74 Å². The Morgan fingerprint density at radius 3 is 2.76 bits per heavy atom. The number of morpholine rings is 1. The molecule has 0 amide bonds. The molecule has 1 aromatic rings. The summed E-state index contributed by atoms with van der Waals surface area (Å²) in [4.78, 5) is 7.57. The summed E-state index contributed by atoms with van der Waals surface area (Å²) in [6.07, 6.45) is -4.45. The number of nitrogens with one attached hydrogen (secondary N) is 1. The highest BCUT2D eigenvalue weighted by molar-refractivity contribution is 5.14. The molecule has 1 aliphatic rings. The van der Waals surface area contributed by atoms with Crippen LogP contribution in [0.25, 0.3) is 0 Å². The fourth-order valence-corrected chi connectivity index (χ4v) is 1.62. The number of aromatic nitrogens is 2. The first-order chi connectivity index (χ1) is 7.97. The van der Waals surface area contributed by atoms with E-state index >= 15 is 0 Å². The molecule has 1 N–H and O–H groups in total. The molecule has 1 fully saturated rings. The Morgan fingerprint density at radius 1 is 1.41 bits per heavy atom. The molecule has 0 aliphatic carbocycles. The second-order valence-electron chi connectivity index (χ2n) is 3.83. The maximum absolute atomic E-state index is 12.6. The minimum atomic E-state index is -4.45. The van der Waals surface area contributed by atoms with E-state index in [1.165, 1.54) is 6.92 Å². The quantitative estimate of drug-likeness (QED) is 0.816. The van der Waals surface area contributed by atoms with Gasteiger partial charge in [-0.1, -0.05) is 0 Å². The third-order valence-electron chi connectivity index (χ3n) is 2.40. The summed E-state index contributed by atoms with van der Waals surface area (Å²) in [6, 6.07) is 0.567. The number of hydrogen-bond acceptors (Lipinski definition) is 4. The number of rotatable bonds is 1. The van der Waals surface area contributed by atoms with Crippen LogP contribution in [0, 0.1) is 6.92 Å². The van der Waals surface area contributed by atoms with Gasteiger partial charge >= 0.3 is 6.18 Å². The van der Waals surface area contributed by atoms with Crippen molar-refractivity contribution in [3.05, 3.63) is 23.3 Å². The highest BCUT2D eigenvalue weighted by Crippen LogP contribution is 2.28. The van der Waals surface area contributed by atoms with Crippen LogP contribution in [-0.2, 0) is 10.9 Å². The van der Waals surface area contributed by atoms with Crippen LogP contribution >= 0.6 is 0 Å². The van der Waals surface area contributed by atoms with Gasteiger partial charge in [0.25, 0.3) is 0 Å². The average Bonchev–Trinajstić information content (AvgIpc) is 2.28. The first-order valence-electron chi connectivity index (χ1n) is 5.21. The van der Waals surface area contributed by atoms with Gasteiger partial charge in [-0.25, -0.2) is 9.97 Å². The molecule has 0 saturated carbocycles. The smallest absolute Gasteiger partial charge is 0.378 e. The maximum Gasteiger partial charge on any atom is 0.433 e. The SMILES string of the molecule is Cc1cc(C(F)(F)F)nc(C2COCCN2)n1. The summed E-state index contributed by atoms with van der Waals surface area (Å²) in [6.45, 7) is 2.95. The van der Waals surface area contributed by atoms with Gasteiger partial charge in [0.2, 0.25) is 0 Å². The lowest BCUT2D eigenvalue weighted by atomic mass is 10.2. The molecular formula is C10H12F3N3O. The molecule has 0 aromatic carbocycles. The van der Waals surface area contributed by atoms with Crippen LogP contribution in [0.2, 0.25) is 0 Å². The Balaban J connectivity index is 2.31. The summed E-state index contributed by atoms with van der Waals surface area (Å²) < 4.78 is 42.9. The summed E-state index contributed by atoms with van der Waals surface area (Å²) >= 11 is 0. The maximum atomic E-state index is 12.6. The molecule has 4 nitrogen and oxygen atoms in total. The molecule has 1 aliphatic heterocycles. The summed E-state index contributed by atoms with van der Waals surface area (Å²) in [5.74, 6) is 0.136. The predicted molar refractivity (Wildman–Crippen MR) is 53.3 cm³/mol. The van der Waals surface area contributed by atoms with Crippen molar-refractivity contribution in [2.75, 3.05) is 19.8 Å². The van der Waals surface area contributed by atoms with Crippen LogP contribution in [-0.4, -0.2) is 29.7 Å². The zero-order valence-corrected chi connectivity index (χ0v) is 9.21. The molecule has 0 radical (unpaired) electrons. The highest BCUT2D eigenvalue weighted by atomic mass is 19.4. The Labute approximate surface area is 96.2 Å². The molecule has 1 saturated heterocycles. The Bertz CT molecular complexity index is 402. The lowest BCUT2D eigenvalue weighted by molar-refractivity contribution is -0.141. The van der Waals surface area contributed by atoms with Crippen molar-refractivity contribution in [2.45, 2.75) is 19.1 Å². The third-order valence-corrected chi connectivity index (χ3v) is 2.40. The minimum Gasteiger partial charge on any atom is -0.378 e. The Hall–Kier alpha value is -1.21. The van der Waals surface area contributed by atoms with Crippen LogP contribution in [0.15, 0.2) is 6.07 Å². The van der Waals surface area contributed by atoms with Crippen LogP contribution in [0.5, 0.6) is 0 Å². The van der Waals surface area contributed by atoms with Crippen LogP contribution in [0.1, 0.15) is 23.3 Å². The van der Waals surface area contributed by atoms with Crippen molar-refractivity contribution in [1.29, 1.82) is 0 Å². The highest BCUT2D eigenvalue weighted by Gasteiger charge is 2.34. The first kappa shape index (κ1) is 12.3. The number of alkyl halides is 3. The molecule has 0 bridgehead atoms. The average molecular weight is 247 g/mol. The normalized spacial score (nSPS) is 21.5. The van der Waals surface area contributed by atoms with Gasteiger partial charge in [-0.2, -0.15) is 13.2 Å². The molecule has 1 aromatic heterocycles. The van der Waals surface area contributed by atoms with Crippen molar-refractivity contribution in [2.24, 2.45) is 0 Å². The Kier molecular flexibility index (Phi) is 3.30. The molecule has 7 heteroatoms. The largest absolute Gasteiger partial charge is 0.433 e. The van der Waals surface area contributed by atoms with Gasteiger partial charge in [0.1, 0.15) is 11.5 Å². The number of nitrogens with zero attached hydrogens (tertiary/aromatic N) is 2. The predicted octanol–water partition coefficient (Wildman–Crippen LogP) is 1.46. The van der Waals surface area contributed by atoms with Gasteiger partial charge in [0.05, 0.1) is 19.3 Å². The molecule has 2 heterocycles. The van der Waals surface area contributed by atoms with Crippen molar-refractivity contribution in [3.63, 3.8) is 0 Å². The topological polar surface area (TPSA) is 47.0 Å². The molecular weight excluding hydrogens is 235 g/mol. The van der Waals surface area contributed by atoms with E-state index in [0.717, 1.165) is 6.07 Å². The molecule has 1 atom stereocenters. The van der Waals surface area contributed by atoms with Gasteiger partial charge in [0, 0.05) is 12.2 Å². The number of ether oxygens (including phenoxy) is 1. The van der Waals surface area contributed by atoms with E-state index in [2.05, 4.69) is 15.3 Å². The van der Waals surface area contributed by atoms with Crippen molar-refractivity contribution in [1.82, 2.24) is 15.3 Å². The fourth-order valence-electron chi connectivity index (χ4n) is 1.62. The van der Waals surface area contributed by atoms with E-state index in [1.54, 1.807) is 0 Å². The van der Waals surface area contributed by atoms with Gasteiger partial charge in [-0.3, -0.25) is 0 Å². The summed E-state index contributed by atoms with van der Waals surface area (Å²) in [5, 5.41) is 3.02. The zero-order valence-electron chi connectivity index (χ0n) is 9.21. The van der Waals surface area contributed by atoms with Crippen molar-refractivity contribution in [3.8, 4) is 0 Å². The molecule has 1 unspecified atom stereocenters. The van der Waals surface area contributed by atoms with Gasteiger partial charge in [-0.05, 0) is 13.0 Å². The van der Waals surface area contributed by atoms with Crippen LogP contribution < -0.4 is 5.32 Å². The lowest BCUT2D eigenvalue weighted by Gasteiger charge is -2.23. The standard InChI is InChI=1S/C10H12F3N3O/c1-6-4-8(10(11,12)13)16-9(15-6)7-5-17-3-2-14-7/h4,7,14H,2-3,5H2,1H3. The molecule has 94 valence electrons. The van der Waals surface area contributed by atoms with E-state index in [9.17, 15) is 13.2 Å². The van der Waals surface area contributed by atoms with Crippen molar-refractivity contribution < 1.29 is 17.9 Å². The molecule has 0 spiro atoms. The summed E-state index contributed by atoms with van der Waals surface area (Å²) in [5.41, 5.74) is -0.609. The van der Waals surface area contributed by atoms with Crippen LogP contribution in [0.3, 0.4) is 0 Å². The van der Waals surface area contributed by atoms with Gasteiger partial charge in [0.15, 0.2) is 0 Å². The number of hydrogen-bond donors (Lipinski definition) is 1. The van der Waals surface area contributed by atoms with Gasteiger partial charge < -0.3 is 10.1 Å². The number of halogens is 3. The fraction of sp³-hybridized carbons (Fsp3) is 0.600. The monoisotopic (exact) mass is 247 g/mol. The third kappa shape index (κ3) is 2.92. The molecule has 17 heavy (non-hydrogen) atoms. The second kappa shape index (κ2) is 4.58. The first-order valence-corrected chi connectivity index (χ1v) is 5.21. The van der Waals surface area contributed by atoms with E-state index in [-0.39, 0.29) is 11.9 Å².